The summed E-state index contributed by atoms with van der Waals surface area (Å²) in [7, 11) is 1.74. The fourth-order valence-electron chi connectivity index (χ4n) is 5.91. The second-order valence-electron chi connectivity index (χ2n) is 11.0. The number of aryl methyl sites for hydroxylation is 1. The number of aromatic nitrogens is 2. The zero-order valence-electron chi connectivity index (χ0n) is 23.8. The van der Waals surface area contributed by atoms with Crippen LogP contribution < -0.4 is 15.0 Å². The molecule has 1 aromatic carbocycles. The van der Waals surface area contributed by atoms with Gasteiger partial charge in [0.1, 0.15) is 17.5 Å². The lowest BCUT2D eigenvalue weighted by Crippen LogP contribution is -2.44. The summed E-state index contributed by atoms with van der Waals surface area (Å²) in [4.78, 5) is 30.6. The molecule has 1 N–H and O–H groups in total. The first-order valence-electron chi connectivity index (χ1n) is 14.3. The van der Waals surface area contributed by atoms with Gasteiger partial charge in [0.05, 0.1) is 23.3 Å². The highest BCUT2D eigenvalue weighted by molar-refractivity contribution is 7.09. The number of hydrogen-bond donors (Lipinski definition) is 1. The van der Waals surface area contributed by atoms with E-state index in [1.165, 1.54) is 12.8 Å². The molecule has 8 nitrogen and oxygen atoms in total. The number of pyridine rings is 1. The number of nitrogens with zero attached hydrogens (tertiary/aromatic N) is 5. The maximum atomic E-state index is 13.7. The molecule has 0 aliphatic carbocycles. The maximum absolute atomic E-state index is 13.7. The molecule has 4 heterocycles. The number of carbonyl (C=O) groups is 1. The van der Waals surface area contributed by atoms with Crippen molar-refractivity contribution < 1.29 is 9.53 Å². The van der Waals surface area contributed by atoms with Crippen LogP contribution in [0.25, 0.3) is 10.9 Å². The fourth-order valence-corrected chi connectivity index (χ4v) is 6.77. The third kappa shape index (κ3) is 6.21. The van der Waals surface area contributed by atoms with E-state index in [4.69, 9.17) is 14.7 Å². The van der Waals surface area contributed by atoms with Gasteiger partial charge >= 0.3 is 0 Å². The fraction of sp³-hybridized carbons (Fsp3) is 0.567. The van der Waals surface area contributed by atoms with Crippen molar-refractivity contribution in [1.82, 2.24) is 25.1 Å². The van der Waals surface area contributed by atoms with Crippen LogP contribution in [0, 0.1) is 6.92 Å². The predicted octanol–water partition coefficient (Wildman–Crippen LogP) is 4.60. The predicted molar refractivity (Wildman–Crippen MR) is 159 cm³/mol. The van der Waals surface area contributed by atoms with E-state index >= 15 is 0 Å². The molecule has 0 bridgehead atoms. The molecule has 0 spiro atoms. The van der Waals surface area contributed by atoms with Crippen LogP contribution in [0.1, 0.15) is 61.3 Å². The van der Waals surface area contributed by atoms with Crippen LogP contribution in [0.15, 0.2) is 29.8 Å². The minimum atomic E-state index is -0.387. The number of fused-ring (bicyclic) bond motifs is 1. The summed E-state index contributed by atoms with van der Waals surface area (Å²) in [5.41, 5.74) is 3.99. The molecule has 210 valence electrons. The minimum absolute atomic E-state index is 0.0588. The third-order valence-corrected chi connectivity index (χ3v) is 9.08. The quantitative estimate of drug-likeness (QED) is 0.418. The van der Waals surface area contributed by atoms with Gasteiger partial charge in [0.15, 0.2) is 0 Å². The summed E-state index contributed by atoms with van der Waals surface area (Å²) in [5.74, 6) is 1.28. The van der Waals surface area contributed by atoms with Crippen LogP contribution in [0.2, 0.25) is 0 Å². The molecule has 1 amide bonds. The van der Waals surface area contributed by atoms with Crippen LogP contribution in [-0.4, -0.2) is 85.1 Å². The number of hydrogen-bond acceptors (Lipinski definition) is 8. The average Bonchev–Trinajstić information content (AvgIpc) is 3.57. The van der Waals surface area contributed by atoms with Crippen LogP contribution in [-0.2, 0) is 4.79 Å². The van der Waals surface area contributed by atoms with E-state index in [-0.39, 0.29) is 11.9 Å². The van der Waals surface area contributed by atoms with Gasteiger partial charge < -0.3 is 19.9 Å². The van der Waals surface area contributed by atoms with Crippen molar-refractivity contribution in [3.63, 3.8) is 0 Å². The van der Waals surface area contributed by atoms with Crippen molar-refractivity contribution in [3.05, 3.63) is 46.0 Å². The molecule has 2 aliphatic rings. The van der Waals surface area contributed by atoms with Crippen molar-refractivity contribution in [1.29, 1.82) is 0 Å². The first-order valence-corrected chi connectivity index (χ1v) is 15.2. The average molecular weight is 551 g/mol. The van der Waals surface area contributed by atoms with Gasteiger partial charge in [0.25, 0.3) is 0 Å². The van der Waals surface area contributed by atoms with E-state index in [9.17, 15) is 4.79 Å². The number of nitrogens with one attached hydrogen (secondary N) is 1. The Kier molecular flexibility index (Phi) is 8.99. The second kappa shape index (κ2) is 12.6. The molecule has 1 atom stereocenters. The van der Waals surface area contributed by atoms with E-state index < -0.39 is 0 Å². The molecule has 1 unspecified atom stereocenters. The SMILES string of the molecule is COc1c(C)cc2cccnc2c1N1CCCN(C(C(=O)NCCN2CCCC2)c2csc(C(C)C)n2)CC1. The summed E-state index contributed by atoms with van der Waals surface area (Å²) in [5, 5.41) is 7.54. The highest BCUT2D eigenvalue weighted by atomic mass is 32.1. The van der Waals surface area contributed by atoms with Crippen LogP contribution >= 0.6 is 11.3 Å². The van der Waals surface area contributed by atoms with E-state index in [1.54, 1.807) is 18.4 Å². The zero-order valence-corrected chi connectivity index (χ0v) is 24.6. The van der Waals surface area contributed by atoms with Crippen molar-refractivity contribution in [3.8, 4) is 5.75 Å². The molecule has 2 aliphatic heterocycles. The van der Waals surface area contributed by atoms with Crippen LogP contribution in [0.4, 0.5) is 5.69 Å². The molecule has 3 aromatic rings. The number of benzene rings is 1. The van der Waals surface area contributed by atoms with E-state index in [1.807, 2.05) is 12.3 Å². The number of anilines is 1. The third-order valence-electron chi connectivity index (χ3n) is 7.91. The number of methoxy groups -OCH3 is 1. The van der Waals surface area contributed by atoms with Gasteiger partial charge in [-0.25, -0.2) is 4.98 Å². The van der Waals surface area contributed by atoms with E-state index in [2.05, 4.69) is 58.3 Å². The van der Waals surface area contributed by atoms with Crippen LogP contribution in [0.3, 0.4) is 0 Å². The van der Waals surface area contributed by atoms with Gasteiger partial charge in [-0.3, -0.25) is 14.7 Å². The molecule has 2 saturated heterocycles. The maximum Gasteiger partial charge on any atom is 0.243 e. The van der Waals surface area contributed by atoms with Crippen molar-refractivity contribution >= 4 is 33.8 Å². The number of likely N-dealkylation sites (tertiary alicyclic amines) is 1. The van der Waals surface area contributed by atoms with Gasteiger partial charge in [0.2, 0.25) is 5.91 Å². The van der Waals surface area contributed by atoms with Gasteiger partial charge in [-0.1, -0.05) is 19.9 Å². The summed E-state index contributed by atoms with van der Waals surface area (Å²) in [6.07, 6.45) is 5.30. The summed E-state index contributed by atoms with van der Waals surface area (Å²) in [6.45, 7) is 13.5. The molecular weight excluding hydrogens is 508 g/mol. The number of amides is 1. The molecule has 2 aromatic heterocycles. The Bertz CT molecular complexity index is 1270. The normalized spacial score (nSPS) is 18.0. The molecule has 0 radical (unpaired) electrons. The van der Waals surface area contributed by atoms with Crippen LogP contribution in [0.5, 0.6) is 5.75 Å². The smallest absolute Gasteiger partial charge is 0.243 e. The Hall–Kier alpha value is -2.75. The molecule has 5 rings (SSSR count). The monoisotopic (exact) mass is 550 g/mol. The highest BCUT2D eigenvalue weighted by Gasteiger charge is 2.32. The second-order valence-corrected chi connectivity index (χ2v) is 11.9. The van der Waals surface area contributed by atoms with Gasteiger partial charge in [0, 0.05) is 62.1 Å². The van der Waals surface area contributed by atoms with E-state index in [0.717, 1.165) is 90.8 Å². The Labute approximate surface area is 236 Å². The molecule has 9 heteroatoms. The number of rotatable bonds is 9. The first-order chi connectivity index (χ1) is 19.0. The number of ether oxygens (including phenoxy) is 1. The van der Waals surface area contributed by atoms with Gasteiger partial charge in [-0.2, -0.15) is 0 Å². The molecule has 2 fully saturated rings. The minimum Gasteiger partial charge on any atom is -0.494 e. The summed E-state index contributed by atoms with van der Waals surface area (Å²) in [6, 6.07) is 5.85. The Morgan fingerprint density at radius 3 is 2.69 bits per heavy atom. The lowest BCUT2D eigenvalue weighted by atomic mass is 10.1. The molecular formula is C30H42N6O2S. The van der Waals surface area contributed by atoms with Gasteiger partial charge in [-0.05, 0) is 57.0 Å². The first kappa shape index (κ1) is 27.8. The number of carbonyl (C=O) groups excluding carboxylic acids is 1. The Balaban J connectivity index is 1.37. The van der Waals surface area contributed by atoms with Gasteiger partial charge in [-0.15, -0.1) is 11.3 Å². The molecule has 0 saturated carbocycles. The van der Waals surface area contributed by atoms with Crippen molar-refractivity contribution in [2.24, 2.45) is 0 Å². The van der Waals surface area contributed by atoms with E-state index in [0.29, 0.717) is 12.5 Å². The molecule has 39 heavy (non-hydrogen) atoms. The summed E-state index contributed by atoms with van der Waals surface area (Å²) >= 11 is 1.66. The lowest BCUT2D eigenvalue weighted by molar-refractivity contribution is -0.126. The highest BCUT2D eigenvalue weighted by Crippen LogP contribution is 2.39. The zero-order chi connectivity index (χ0) is 27.4. The standard InChI is InChI=1S/C30H42N6O2S/c1-21(2)30-33-24(20-39-30)26(29(37)32-11-16-34-12-5-6-13-34)35-14-8-15-36(18-17-35)27-25-23(9-7-10-31-25)19-22(3)28(27)38-4/h7,9-10,19-21,26H,5-6,8,11-18H2,1-4H3,(H,32,37). The lowest BCUT2D eigenvalue weighted by Gasteiger charge is -2.30. The summed E-state index contributed by atoms with van der Waals surface area (Å²) < 4.78 is 5.90. The van der Waals surface area contributed by atoms with Crippen molar-refractivity contribution in [2.75, 3.05) is 64.4 Å². The Morgan fingerprint density at radius 2 is 1.95 bits per heavy atom. The number of thiazole rings is 1. The largest absolute Gasteiger partial charge is 0.494 e. The van der Waals surface area contributed by atoms with Crippen molar-refractivity contribution in [2.45, 2.75) is 52.0 Å². The Morgan fingerprint density at radius 1 is 1.13 bits per heavy atom. The topological polar surface area (TPSA) is 73.8 Å².